The zero-order valence-electron chi connectivity index (χ0n) is 13.6. The lowest BCUT2D eigenvalue weighted by molar-refractivity contribution is 0.102. The van der Waals surface area contributed by atoms with Crippen molar-refractivity contribution >= 4 is 32.2 Å². The Morgan fingerprint density at radius 3 is 2.44 bits per heavy atom. The van der Waals surface area contributed by atoms with Crippen molar-refractivity contribution in [1.29, 1.82) is 0 Å². The molecule has 6 heteroatoms. The number of benzene rings is 3. The Morgan fingerprint density at radius 1 is 1.00 bits per heavy atom. The summed E-state index contributed by atoms with van der Waals surface area (Å²) in [6.07, 6.45) is 0. The molecule has 2 N–H and O–H groups in total. The molecule has 0 aliphatic carbocycles. The molecule has 5 nitrogen and oxygen atoms in total. The van der Waals surface area contributed by atoms with E-state index in [9.17, 15) is 18.3 Å². The number of anilines is 1. The molecule has 3 rings (SSSR count). The molecule has 3 aromatic carbocycles. The molecule has 128 valence electrons. The molecule has 3 aromatic rings. The maximum absolute atomic E-state index is 12.5. The molecule has 1 amide bonds. The van der Waals surface area contributed by atoms with E-state index in [0.29, 0.717) is 5.56 Å². The first-order valence-corrected chi connectivity index (χ1v) is 9.42. The highest BCUT2D eigenvalue weighted by atomic mass is 32.2. The Balaban J connectivity index is 1.93. The van der Waals surface area contributed by atoms with E-state index in [2.05, 4.69) is 5.32 Å². The fourth-order valence-electron chi connectivity index (χ4n) is 2.50. The maximum atomic E-state index is 12.5. The van der Waals surface area contributed by atoms with E-state index in [0.717, 1.165) is 10.8 Å². The average molecular weight is 355 g/mol. The van der Waals surface area contributed by atoms with E-state index in [1.807, 2.05) is 30.3 Å². The SMILES string of the molecule is CCS(=O)(=O)c1ccc(O)c(NC(=O)c2ccc3ccccc3c2)c1. The monoisotopic (exact) mass is 355 g/mol. The molecule has 0 aliphatic rings. The number of carbonyl (C=O) groups excluding carboxylic acids is 1. The first-order valence-electron chi connectivity index (χ1n) is 7.76. The standard InChI is InChI=1S/C19H17NO4S/c1-2-25(23,24)16-9-10-18(21)17(12-16)20-19(22)15-8-7-13-5-3-4-6-14(13)11-15/h3-12,21H,2H2,1H3,(H,20,22). The second-order valence-corrected chi connectivity index (χ2v) is 7.88. The molecule has 0 saturated carbocycles. The van der Waals surface area contributed by atoms with Crippen molar-refractivity contribution in [3.05, 3.63) is 66.2 Å². The van der Waals surface area contributed by atoms with Gasteiger partial charge in [-0.2, -0.15) is 0 Å². The zero-order chi connectivity index (χ0) is 18.0. The fraction of sp³-hybridized carbons (Fsp3) is 0.105. The quantitative estimate of drug-likeness (QED) is 0.701. The van der Waals surface area contributed by atoms with Crippen LogP contribution in [0.4, 0.5) is 5.69 Å². The van der Waals surface area contributed by atoms with Crippen molar-refractivity contribution in [3.8, 4) is 5.75 Å². The topological polar surface area (TPSA) is 83.5 Å². The maximum Gasteiger partial charge on any atom is 0.255 e. The van der Waals surface area contributed by atoms with Crippen molar-refractivity contribution in [3.63, 3.8) is 0 Å². The van der Waals surface area contributed by atoms with Crippen molar-refractivity contribution in [1.82, 2.24) is 0 Å². The molecule has 0 radical (unpaired) electrons. The Hall–Kier alpha value is -2.86. The van der Waals surface area contributed by atoms with Gasteiger partial charge in [0.25, 0.3) is 5.91 Å². The highest BCUT2D eigenvalue weighted by molar-refractivity contribution is 7.91. The van der Waals surface area contributed by atoms with Crippen LogP contribution < -0.4 is 5.32 Å². The van der Waals surface area contributed by atoms with Crippen molar-refractivity contribution in [2.24, 2.45) is 0 Å². The number of phenols is 1. The third-order valence-corrected chi connectivity index (χ3v) is 5.70. The third-order valence-electron chi connectivity index (χ3n) is 3.97. The lowest BCUT2D eigenvalue weighted by atomic mass is 10.1. The predicted molar refractivity (Wildman–Crippen MR) is 97.7 cm³/mol. The number of aromatic hydroxyl groups is 1. The first kappa shape index (κ1) is 17.0. The lowest BCUT2D eigenvalue weighted by Crippen LogP contribution is -2.13. The number of hydrogen-bond donors (Lipinski definition) is 2. The molecule has 0 spiro atoms. The summed E-state index contributed by atoms with van der Waals surface area (Å²) in [5.41, 5.74) is 0.481. The third kappa shape index (κ3) is 3.49. The summed E-state index contributed by atoms with van der Waals surface area (Å²) in [6, 6.07) is 16.8. The van der Waals surface area contributed by atoms with Crippen LogP contribution in [0.3, 0.4) is 0 Å². The number of sulfone groups is 1. The summed E-state index contributed by atoms with van der Waals surface area (Å²) in [5, 5.41) is 14.4. The van der Waals surface area contributed by atoms with E-state index in [4.69, 9.17) is 0 Å². The molecule has 25 heavy (non-hydrogen) atoms. The second kappa shape index (κ2) is 6.57. The summed E-state index contributed by atoms with van der Waals surface area (Å²) < 4.78 is 23.9. The number of nitrogens with one attached hydrogen (secondary N) is 1. The van der Waals surface area contributed by atoms with Crippen molar-refractivity contribution < 1.29 is 18.3 Å². The van der Waals surface area contributed by atoms with Gasteiger partial charge in [-0.15, -0.1) is 0 Å². The molecule has 0 unspecified atom stereocenters. The zero-order valence-corrected chi connectivity index (χ0v) is 14.4. The molecule has 0 bridgehead atoms. The summed E-state index contributed by atoms with van der Waals surface area (Å²) in [7, 11) is -3.43. The molecule has 0 heterocycles. The number of carbonyl (C=O) groups is 1. The number of phenolic OH excluding ortho intramolecular Hbond substituents is 1. The number of amides is 1. The Labute approximate surface area is 145 Å². The number of fused-ring (bicyclic) bond motifs is 1. The summed E-state index contributed by atoms with van der Waals surface area (Å²) >= 11 is 0. The van der Waals surface area contributed by atoms with Crippen LogP contribution >= 0.6 is 0 Å². The number of rotatable bonds is 4. The Morgan fingerprint density at radius 2 is 1.72 bits per heavy atom. The van der Waals surface area contributed by atoms with Crippen LogP contribution in [0.15, 0.2) is 65.6 Å². The predicted octanol–water partition coefficient (Wildman–Crippen LogP) is 3.59. The lowest BCUT2D eigenvalue weighted by Gasteiger charge is -2.10. The summed E-state index contributed by atoms with van der Waals surface area (Å²) in [4.78, 5) is 12.5. The molecule has 0 fully saturated rings. The van der Waals surface area contributed by atoms with Gasteiger partial charge in [0, 0.05) is 5.56 Å². The molecule has 0 atom stereocenters. The van der Waals surface area contributed by atoms with Crippen LogP contribution in [0.2, 0.25) is 0 Å². The van der Waals surface area contributed by atoms with Crippen LogP contribution in [0, 0.1) is 0 Å². The van der Waals surface area contributed by atoms with Crippen LogP contribution in [0.5, 0.6) is 5.75 Å². The van der Waals surface area contributed by atoms with Gasteiger partial charge in [0.05, 0.1) is 16.3 Å². The van der Waals surface area contributed by atoms with Gasteiger partial charge in [0.2, 0.25) is 0 Å². The smallest absolute Gasteiger partial charge is 0.255 e. The number of hydrogen-bond acceptors (Lipinski definition) is 4. The van der Waals surface area contributed by atoms with Gasteiger partial charge < -0.3 is 10.4 Å². The highest BCUT2D eigenvalue weighted by Gasteiger charge is 2.16. The van der Waals surface area contributed by atoms with E-state index in [-0.39, 0.29) is 22.1 Å². The minimum Gasteiger partial charge on any atom is -0.506 e. The van der Waals surface area contributed by atoms with Gasteiger partial charge in [-0.25, -0.2) is 8.42 Å². The van der Waals surface area contributed by atoms with Gasteiger partial charge in [-0.3, -0.25) is 4.79 Å². The molecule has 0 saturated heterocycles. The molecular weight excluding hydrogens is 338 g/mol. The minimum absolute atomic E-state index is 0.0570. The molecule has 0 aromatic heterocycles. The molecular formula is C19H17NO4S. The van der Waals surface area contributed by atoms with E-state index < -0.39 is 15.7 Å². The highest BCUT2D eigenvalue weighted by Crippen LogP contribution is 2.27. The first-order chi connectivity index (χ1) is 11.9. The fourth-order valence-corrected chi connectivity index (χ4v) is 3.41. The molecule has 0 aliphatic heterocycles. The van der Waals surface area contributed by atoms with Crippen molar-refractivity contribution in [2.75, 3.05) is 11.1 Å². The van der Waals surface area contributed by atoms with Gasteiger partial charge in [-0.1, -0.05) is 37.3 Å². The van der Waals surface area contributed by atoms with Crippen LogP contribution in [-0.2, 0) is 9.84 Å². The van der Waals surface area contributed by atoms with Gasteiger partial charge in [-0.05, 0) is 41.1 Å². The summed E-state index contributed by atoms with van der Waals surface area (Å²) in [5.74, 6) is -0.674. The minimum atomic E-state index is -3.43. The average Bonchev–Trinajstić information content (AvgIpc) is 2.62. The summed E-state index contributed by atoms with van der Waals surface area (Å²) in [6.45, 7) is 1.54. The Bertz CT molecular complexity index is 1060. The Kier molecular flexibility index (Phi) is 4.46. The van der Waals surface area contributed by atoms with Crippen LogP contribution in [0.1, 0.15) is 17.3 Å². The van der Waals surface area contributed by atoms with E-state index in [1.54, 1.807) is 12.1 Å². The van der Waals surface area contributed by atoms with Gasteiger partial charge >= 0.3 is 0 Å². The second-order valence-electron chi connectivity index (χ2n) is 5.60. The van der Waals surface area contributed by atoms with Crippen molar-refractivity contribution in [2.45, 2.75) is 11.8 Å². The van der Waals surface area contributed by atoms with E-state index >= 15 is 0 Å². The van der Waals surface area contributed by atoms with Gasteiger partial charge in [0.15, 0.2) is 9.84 Å². The van der Waals surface area contributed by atoms with E-state index in [1.165, 1.54) is 25.1 Å². The van der Waals surface area contributed by atoms with Crippen LogP contribution in [0.25, 0.3) is 10.8 Å². The van der Waals surface area contributed by atoms with Crippen LogP contribution in [-0.4, -0.2) is 25.2 Å². The normalized spacial score (nSPS) is 11.4. The van der Waals surface area contributed by atoms with Gasteiger partial charge in [0.1, 0.15) is 5.75 Å². The largest absolute Gasteiger partial charge is 0.506 e.